The number of nitrogens with zero attached hydrogens (tertiary/aromatic N) is 2. The van der Waals surface area contributed by atoms with Gasteiger partial charge in [0.25, 0.3) is 5.91 Å². The Kier molecular flexibility index (Phi) is 6.47. The fourth-order valence-electron chi connectivity index (χ4n) is 3.17. The van der Waals surface area contributed by atoms with Gasteiger partial charge in [0.15, 0.2) is 0 Å². The van der Waals surface area contributed by atoms with Crippen LogP contribution in [0, 0.1) is 11.3 Å². The SMILES string of the molecule is N#CC1(NC(=O)c2cc(CC(=O)Cc3cc(Cl)ccc3O)ccn2)CCOCC1. The number of Topliss-reactive ketones (excluding diaryl/α,β-unsaturated/α-hetero) is 1. The number of nitriles is 1. The number of ketones is 1. The van der Waals surface area contributed by atoms with Crippen molar-refractivity contribution in [3.05, 3.63) is 58.4 Å². The number of halogens is 1. The highest BCUT2D eigenvalue weighted by Crippen LogP contribution is 2.23. The molecular formula is C21H20ClN3O4. The van der Waals surface area contributed by atoms with E-state index in [4.69, 9.17) is 16.3 Å². The second-order valence-electron chi connectivity index (χ2n) is 6.97. The van der Waals surface area contributed by atoms with Crippen LogP contribution in [0.15, 0.2) is 36.5 Å². The van der Waals surface area contributed by atoms with E-state index in [-0.39, 0.29) is 30.1 Å². The molecule has 7 nitrogen and oxygen atoms in total. The van der Waals surface area contributed by atoms with Crippen molar-refractivity contribution in [1.29, 1.82) is 5.26 Å². The molecular weight excluding hydrogens is 394 g/mol. The molecule has 1 amide bonds. The molecule has 0 radical (unpaired) electrons. The van der Waals surface area contributed by atoms with Crippen LogP contribution in [0.5, 0.6) is 5.75 Å². The minimum Gasteiger partial charge on any atom is -0.508 e. The zero-order valence-electron chi connectivity index (χ0n) is 15.7. The third kappa shape index (κ3) is 5.31. The maximum Gasteiger partial charge on any atom is 0.271 e. The molecule has 2 N–H and O–H groups in total. The Morgan fingerprint density at radius 2 is 2.00 bits per heavy atom. The largest absolute Gasteiger partial charge is 0.508 e. The number of hydrogen-bond acceptors (Lipinski definition) is 6. The molecule has 1 fully saturated rings. The number of ether oxygens (including phenoxy) is 1. The quantitative estimate of drug-likeness (QED) is 0.752. The van der Waals surface area contributed by atoms with Crippen LogP contribution < -0.4 is 5.32 Å². The summed E-state index contributed by atoms with van der Waals surface area (Å²) in [5.74, 6) is -0.593. The summed E-state index contributed by atoms with van der Waals surface area (Å²) in [6, 6.07) is 9.91. The molecule has 0 atom stereocenters. The van der Waals surface area contributed by atoms with E-state index >= 15 is 0 Å². The molecule has 1 saturated heterocycles. The van der Waals surface area contributed by atoms with E-state index in [2.05, 4.69) is 16.4 Å². The van der Waals surface area contributed by atoms with Crippen molar-refractivity contribution in [3.8, 4) is 11.8 Å². The van der Waals surface area contributed by atoms with Gasteiger partial charge in [-0.1, -0.05) is 11.6 Å². The monoisotopic (exact) mass is 413 g/mol. The first kappa shape index (κ1) is 20.8. The van der Waals surface area contributed by atoms with Crippen LogP contribution in [0.4, 0.5) is 0 Å². The van der Waals surface area contributed by atoms with Gasteiger partial charge in [-0.2, -0.15) is 5.26 Å². The minimum absolute atomic E-state index is 0.0100. The number of phenolic OH excluding ortho intramolecular Hbond substituents is 1. The molecule has 2 heterocycles. The molecule has 3 rings (SSSR count). The third-order valence-electron chi connectivity index (χ3n) is 4.80. The lowest BCUT2D eigenvalue weighted by atomic mass is 9.91. The predicted octanol–water partition coefficient (Wildman–Crippen LogP) is 2.60. The van der Waals surface area contributed by atoms with E-state index < -0.39 is 11.4 Å². The molecule has 0 unspecified atom stereocenters. The first-order chi connectivity index (χ1) is 13.9. The number of phenols is 1. The number of benzene rings is 1. The van der Waals surface area contributed by atoms with Crippen LogP contribution in [0.25, 0.3) is 0 Å². The van der Waals surface area contributed by atoms with Crippen LogP contribution in [-0.4, -0.2) is 40.5 Å². The van der Waals surface area contributed by atoms with Gasteiger partial charge >= 0.3 is 0 Å². The fraction of sp³-hybridized carbons (Fsp3) is 0.333. The summed E-state index contributed by atoms with van der Waals surface area (Å²) in [7, 11) is 0. The molecule has 8 heteroatoms. The van der Waals surface area contributed by atoms with Crippen LogP contribution in [-0.2, 0) is 22.4 Å². The molecule has 0 aliphatic carbocycles. The number of aromatic nitrogens is 1. The van der Waals surface area contributed by atoms with Crippen LogP contribution >= 0.6 is 11.6 Å². The minimum atomic E-state index is -0.965. The van der Waals surface area contributed by atoms with Crippen LogP contribution in [0.3, 0.4) is 0 Å². The normalized spacial score (nSPS) is 15.3. The summed E-state index contributed by atoms with van der Waals surface area (Å²) in [5.41, 5.74) is 0.245. The van der Waals surface area contributed by atoms with Crippen LogP contribution in [0.1, 0.15) is 34.5 Å². The Labute approximate surface area is 173 Å². The Morgan fingerprint density at radius 1 is 1.24 bits per heavy atom. The van der Waals surface area contributed by atoms with Crippen LogP contribution in [0.2, 0.25) is 5.02 Å². The number of nitrogens with one attached hydrogen (secondary N) is 1. The van der Waals surface area contributed by atoms with Crippen molar-refractivity contribution in [3.63, 3.8) is 0 Å². The summed E-state index contributed by atoms with van der Waals surface area (Å²) >= 11 is 5.91. The van der Waals surface area contributed by atoms with Gasteiger partial charge in [-0.25, -0.2) is 0 Å². The number of hydrogen-bond donors (Lipinski definition) is 2. The van der Waals surface area contributed by atoms with Gasteiger partial charge in [-0.15, -0.1) is 0 Å². The lowest BCUT2D eigenvalue weighted by Crippen LogP contribution is -2.51. The first-order valence-electron chi connectivity index (χ1n) is 9.16. The van der Waals surface area contributed by atoms with Crippen molar-refractivity contribution in [2.75, 3.05) is 13.2 Å². The van der Waals surface area contributed by atoms with Gasteiger partial charge in [-0.3, -0.25) is 14.6 Å². The molecule has 1 aromatic heterocycles. The topological polar surface area (TPSA) is 112 Å². The Morgan fingerprint density at radius 3 is 2.72 bits per heavy atom. The molecule has 1 aromatic carbocycles. The maximum absolute atomic E-state index is 12.6. The highest BCUT2D eigenvalue weighted by Gasteiger charge is 2.34. The zero-order valence-corrected chi connectivity index (χ0v) is 16.4. The summed E-state index contributed by atoms with van der Waals surface area (Å²) in [6.45, 7) is 0.818. The van der Waals surface area contributed by atoms with Gasteiger partial charge in [0, 0.05) is 55.7 Å². The van der Waals surface area contributed by atoms with E-state index in [0.29, 0.717) is 42.2 Å². The van der Waals surface area contributed by atoms with E-state index in [9.17, 15) is 20.0 Å². The molecule has 0 bridgehead atoms. The molecule has 2 aromatic rings. The highest BCUT2D eigenvalue weighted by molar-refractivity contribution is 6.30. The van der Waals surface area contributed by atoms with Crippen molar-refractivity contribution in [2.45, 2.75) is 31.2 Å². The van der Waals surface area contributed by atoms with Gasteiger partial charge in [-0.05, 0) is 35.9 Å². The maximum atomic E-state index is 12.6. The summed E-state index contributed by atoms with van der Waals surface area (Å²) in [4.78, 5) is 29.1. The van der Waals surface area contributed by atoms with E-state index in [1.807, 2.05) is 0 Å². The number of rotatable bonds is 6. The van der Waals surface area contributed by atoms with Gasteiger partial charge in [0.1, 0.15) is 22.8 Å². The third-order valence-corrected chi connectivity index (χ3v) is 5.04. The van der Waals surface area contributed by atoms with Crippen molar-refractivity contribution >= 4 is 23.3 Å². The van der Waals surface area contributed by atoms with Gasteiger partial charge < -0.3 is 15.2 Å². The lowest BCUT2D eigenvalue weighted by Gasteiger charge is -2.31. The van der Waals surface area contributed by atoms with Gasteiger partial charge in [0.2, 0.25) is 0 Å². The molecule has 29 heavy (non-hydrogen) atoms. The van der Waals surface area contributed by atoms with E-state index in [1.165, 1.54) is 18.3 Å². The molecule has 0 spiro atoms. The number of pyridine rings is 1. The van der Waals surface area contributed by atoms with Crippen molar-refractivity contribution in [1.82, 2.24) is 10.3 Å². The predicted molar refractivity (Wildman–Crippen MR) is 106 cm³/mol. The molecule has 150 valence electrons. The van der Waals surface area contributed by atoms with E-state index in [0.717, 1.165) is 0 Å². The second kappa shape index (κ2) is 9.03. The highest BCUT2D eigenvalue weighted by atomic mass is 35.5. The summed E-state index contributed by atoms with van der Waals surface area (Å²) in [5, 5.41) is 22.5. The molecule has 1 aliphatic heterocycles. The number of carbonyl (C=O) groups is 2. The number of aromatic hydroxyl groups is 1. The average Bonchev–Trinajstić information content (AvgIpc) is 2.71. The second-order valence-corrected chi connectivity index (χ2v) is 7.41. The summed E-state index contributed by atoms with van der Waals surface area (Å²) < 4.78 is 5.26. The van der Waals surface area contributed by atoms with E-state index in [1.54, 1.807) is 18.2 Å². The van der Waals surface area contributed by atoms with Gasteiger partial charge in [0.05, 0.1) is 6.07 Å². The number of carbonyl (C=O) groups excluding carboxylic acids is 2. The number of amides is 1. The fourth-order valence-corrected chi connectivity index (χ4v) is 3.37. The lowest BCUT2D eigenvalue weighted by molar-refractivity contribution is -0.117. The Balaban J connectivity index is 1.67. The average molecular weight is 414 g/mol. The first-order valence-corrected chi connectivity index (χ1v) is 9.54. The summed E-state index contributed by atoms with van der Waals surface area (Å²) in [6.07, 6.45) is 2.38. The standard InChI is InChI=1S/C21H20ClN3O4/c22-16-1-2-19(27)15(11-16)12-17(26)9-14-3-6-24-18(10-14)20(28)25-21(13-23)4-7-29-8-5-21/h1-3,6,10-11,27H,4-5,7-9,12H2,(H,25,28). The van der Waals surface area contributed by atoms with Crippen molar-refractivity contribution in [2.24, 2.45) is 0 Å². The molecule has 1 aliphatic rings. The molecule has 0 saturated carbocycles. The van der Waals surface area contributed by atoms with Crippen molar-refractivity contribution < 1.29 is 19.4 Å². The smallest absolute Gasteiger partial charge is 0.271 e. The Bertz CT molecular complexity index is 965. The zero-order chi connectivity index (χ0) is 20.9. The Hall–Kier alpha value is -2.95.